The molecule has 0 bridgehead atoms. The van der Waals surface area contributed by atoms with Crippen molar-refractivity contribution in [2.24, 2.45) is 0 Å². The highest BCUT2D eigenvalue weighted by atomic mass is 16.3. The fourth-order valence-corrected chi connectivity index (χ4v) is 7.44. The van der Waals surface area contributed by atoms with Gasteiger partial charge in [0.05, 0.1) is 11.5 Å². The zero-order valence-corrected chi connectivity index (χ0v) is 22.8. The molecule has 0 saturated heterocycles. The molecule has 192 valence electrons. The van der Waals surface area contributed by atoms with E-state index in [1.54, 1.807) is 0 Å². The predicted octanol–water partition coefficient (Wildman–Crippen LogP) is 7.59. The Balaban J connectivity index is 1.42. The maximum Gasteiger partial charge on any atom is 0.221 e. The average Bonchev–Trinajstić information content (AvgIpc) is 3.33. The summed E-state index contributed by atoms with van der Waals surface area (Å²) < 4.78 is 11.7. The van der Waals surface area contributed by atoms with Crippen LogP contribution in [0, 0.1) is 13.8 Å². The lowest BCUT2D eigenvalue weighted by Crippen LogP contribution is -2.49. The molecule has 2 atom stereocenters. The van der Waals surface area contributed by atoms with E-state index in [9.17, 15) is 0 Å². The van der Waals surface area contributed by atoms with Crippen LogP contribution in [0.4, 0.5) is 0 Å². The van der Waals surface area contributed by atoms with Crippen LogP contribution in [0.5, 0.6) is 0 Å². The Morgan fingerprint density at radius 3 is 2.56 bits per heavy atom. The molecule has 0 saturated carbocycles. The summed E-state index contributed by atoms with van der Waals surface area (Å²) in [6.45, 7) is 4.39. The molecule has 1 aliphatic carbocycles. The van der Waals surface area contributed by atoms with Gasteiger partial charge in [0, 0.05) is 52.6 Å². The number of allylic oxidation sites excluding steroid dienone is 1. The lowest BCUT2D eigenvalue weighted by molar-refractivity contribution is -0.718. The van der Waals surface area contributed by atoms with E-state index in [-0.39, 0.29) is 0 Å². The molecule has 2 aliphatic heterocycles. The fraction of sp³-hybridized carbons (Fsp3) is 0.278. The van der Waals surface area contributed by atoms with Gasteiger partial charge in [0.1, 0.15) is 11.3 Å². The maximum absolute atomic E-state index is 6.78. The van der Waals surface area contributed by atoms with Gasteiger partial charge in [0.25, 0.3) is 0 Å². The van der Waals surface area contributed by atoms with E-state index >= 15 is 0 Å². The zero-order valence-electron chi connectivity index (χ0n) is 22.8. The molecule has 0 radical (unpaired) electrons. The minimum Gasteiger partial charge on any atom is -0.460 e. The molecule has 3 heteroatoms. The molecular formula is C36H34N2O+2. The molecule has 39 heavy (non-hydrogen) atoms. The van der Waals surface area contributed by atoms with Gasteiger partial charge in [0.15, 0.2) is 24.6 Å². The van der Waals surface area contributed by atoms with Crippen molar-refractivity contribution in [3.8, 4) is 22.5 Å². The van der Waals surface area contributed by atoms with Crippen molar-refractivity contribution in [3.05, 3.63) is 113 Å². The number of benzene rings is 2. The molecule has 2 unspecified atom stereocenters. The van der Waals surface area contributed by atoms with Gasteiger partial charge >= 0.3 is 0 Å². The number of rotatable bonds is 0. The molecular weight excluding hydrogens is 476 g/mol. The number of furan rings is 1. The third kappa shape index (κ3) is 3.56. The van der Waals surface area contributed by atoms with Gasteiger partial charge < -0.3 is 4.42 Å². The van der Waals surface area contributed by atoms with E-state index in [2.05, 4.69) is 108 Å². The third-order valence-corrected chi connectivity index (χ3v) is 9.26. The van der Waals surface area contributed by atoms with Gasteiger partial charge in [-0.05, 0) is 74.9 Å². The van der Waals surface area contributed by atoms with E-state index in [1.165, 1.54) is 74.3 Å². The van der Waals surface area contributed by atoms with Crippen molar-refractivity contribution in [3.63, 3.8) is 0 Å². The Morgan fingerprint density at radius 1 is 0.821 bits per heavy atom. The second-order valence-electron chi connectivity index (χ2n) is 11.8. The highest BCUT2D eigenvalue weighted by molar-refractivity contribution is 5.95. The number of aromatic nitrogens is 2. The Hall–Kier alpha value is -3.98. The van der Waals surface area contributed by atoms with Gasteiger partial charge in [-0.25, -0.2) is 0 Å². The molecule has 0 N–H and O–H groups in total. The van der Waals surface area contributed by atoms with Crippen molar-refractivity contribution < 1.29 is 13.6 Å². The quantitative estimate of drug-likeness (QED) is 0.197. The van der Waals surface area contributed by atoms with Crippen molar-refractivity contribution in [2.75, 3.05) is 0 Å². The summed E-state index contributed by atoms with van der Waals surface area (Å²) in [6.07, 6.45) is 15.9. The van der Waals surface area contributed by atoms with Crippen LogP contribution in [-0.4, -0.2) is 0 Å². The highest BCUT2D eigenvalue weighted by Crippen LogP contribution is 2.45. The second kappa shape index (κ2) is 8.77. The summed E-state index contributed by atoms with van der Waals surface area (Å²) in [5.41, 5.74) is 13.1. The summed E-state index contributed by atoms with van der Waals surface area (Å²) in [4.78, 5) is 0. The fourth-order valence-electron chi connectivity index (χ4n) is 7.44. The Bertz CT molecular complexity index is 1810. The SMILES string of the molecule is Cc1ccc2[n+](c1)/C=C/CC1c3ccccc3-c3ccc(C)c[n+]3C1Cc1ccc3c4c(oc3c1-2)CCCC4. The maximum atomic E-state index is 6.78. The number of hydrogen-bond donors (Lipinski definition) is 0. The highest BCUT2D eigenvalue weighted by Gasteiger charge is 2.41. The molecule has 0 spiro atoms. The standard InChI is InChI=1S/C36H34N2O/c1-23-14-18-32-35-25(15-16-30-29-10-5-6-12-34(29)39-36(30)35)20-33-28(11-7-19-37(32)21-23)26-8-3-4-9-27(26)31-17-13-24(2)22-38(31)33/h3-4,7-9,13-19,21-22,28,33H,5-6,10-12,20H2,1-2H3/q+2/b19-7+. The average molecular weight is 511 g/mol. The van der Waals surface area contributed by atoms with Gasteiger partial charge in [-0.3, -0.25) is 0 Å². The molecule has 3 aliphatic rings. The Morgan fingerprint density at radius 2 is 1.64 bits per heavy atom. The smallest absolute Gasteiger partial charge is 0.221 e. The van der Waals surface area contributed by atoms with Gasteiger partial charge in [-0.2, -0.15) is 9.13 Å². The lowest BCUT2D eigenvalue weighted by Gasteiger charge is -2.31. The van der Waals surface area contributed by atoms with Crippen molar-refractivity contribution in [1.82, 2.24) is 0 Å². The first kappa shape index (κ1) is 23.0. The van der Waals surface area contributed by atoms with Crippen LogP contribution in [0.1, 0.15) is 64.8 Å². The van der Waals surface area contributed by atoms with Crippen LogP contribution in [-0.2, 0) is 19.3 Å². The number of hydrogen-bond acceptors (Lipinski definition) is 1. The first-order chi connectivity index (χ1) is 19.2. The number of fused-ring (bicyclic) bond motifs is 13. The number of aryl methyl sites for hydroxylation is 4. The van der Waals surface area contributed by atoms with Gasteiger partial charge in [-0.1, -0.05) is 30.3 Å². The largest absolute Gasteiger partial charge is 0.460 e. The van der Waals surface area contributed by atoms with Crippen molar-refractivity contribution in [2.45, 2.75) is 64.3 Å². The van der Waals surface area contributed by atoms with E-state index < -0.39 is 0 Å². The molecule has 3 aromatic heterocycles. The summed E-state index contributed by atoms with van der Waals surface area (Å²) in [5.74, 6) is 1.59. The summed E-state index contributed by atoms with van der Waals surface area (Å²) in [5, 5.41) is 1.31. The van der Waals surface area contributed by atoms with E-state index in [0.717, 1.165) is 31.3 Å². The van der Waals surface area contributed by atoms with Crippen LogP contribution in [0.25, 0.3) is 39.7 Å². The molecule has 2 aromatic carbocycles. The first-order valence-corrected chi connectivity index (χ1v) is 14.5. The van der Waals surface area contributed by atoms with Crippen LogP contribution in [0.15, 0.2) is 83.6 Å². The summed E-state index contributed by atoms with van der Waals surface area (Å²) >= 11 is 0. The van der Waals surface area contributed by atoms with Crippen LogP contribution in [0.3, 0.4) is 0 Å². The first-order valence-electron chi connectivity index (χ1n) is 14.5. The molecule has 5 heterocycles. The van der Waals surface area contributed by atoms with E-state index in [1.807, 2.05) is 0 Å². The van der Waals surface area contributed by atoms with Crippen LogP contribution in [0.2, 0.25) is 0 Å². The number of nitrogens with zero attached hydrogens (tertiary/aromatic N) is 2. The normalized spacial score (nSPS) is 20.2. The minimum absolute atomic E-state index is 0.317. The topological polar surface area (TPSA) is 20.9 Å². The predicted molar refractivity (Wildman–Crippen MR) is 155 cm³/mol. The Kier molecular flexibility index (Phi) is 5.16. The molecule has 8 rings (SSSR count). The summed E-state index contributed by atoms with van der Waals surface area (Å²) in [7, 11) is 0. The molecule has 0 fully saturated rings. The van der Waals surface area contributed by atoms with Crippen LogP contribution < -0.4 is 9.13 Å². The van der Waals surface area contributed by atoms with Crippen molar-refractivity contribution in [1.29, 1.82) is 0 Å². The van der Waals surface area contributed by atoms with Crippen LogP contribution >= 0.6 is 0 Å². The molecule has 5 aromatic rings. The van der Waals surface area contributed by atoms with E-state index in [0.29, 0.717) is 12.0 Å². The Labute approximate surface area is 230 Å². The lowest BCUT2D eigenvalue weighted by atomic mass is 9.77. The van der Waals surface area contributed by atoms with E-state index in [4.69, 9.17) is 4.42 Å². The molecule has 0 amide bonds. The zero-order chi connectivity index (χ0) is 26.1. The molecule has 3 nitrogen and oxygen atoms in total. The van der Waals surface area contributed by atoms with Gasteiger partial charge in [0.2, 0.25) is 11.4 Å². The third-order valence-electron chi connectivity index (χ3n) is 9.26. The van der Waals surface area contributed by atoms with Crippen molar-refractivity contribution >= 4 is 17.2 Å². The number of pyridine rings is 2. The summed E-state index contributed by atoms with van der Waals surface area (Å²) in [6, 6.07) is 23.2. The van der Waals surface area contributed by atoms with Gasteiger partial charge in [-0.15, -0.1) is 0 Å². The second-order valence-corrected chi connectivity index (χ2v) is 11.8. The monoisotopic (exact) mass is 510 g/mol. The minimum atomic E-state index is 0.317.